The molecule has 3 rings (SSSR count). The van der Waals surface area contributed by atoms with Gasteiger partial charge in [-0.15, -0.1) is 11.8 Å². The van der Waals surface area contributed by atoms with Crippen molar-refractivity contribution in [2.75, 3.05) is 43.4 Å². The predicted molar refractivity (Wildman–Crippen MR) is 113 cm³/mol. The molecule has 0 radical (unpaired) electrons. The van der Waals surface area contributed by atoms with E-state index >= 15 is 0 Å². The summed E-state index contributed by atoms with van der Waals surface area (Å²) in [5.74, 6) is 2.78. The molecule has 4 heteroatoms. The molecule has 0 bridgehead atoms. The Balaban J connectivity index is 1.50. The Kier molecular flexibility index (Phi) is 6.92. The lowest BCUT2D eigenvalue weighted by Gasteiger charge is -2.43. The Morgan fingerprint density at radius 2 is 1.85 bits per heavy atom. The molecule has 0 amide bonds. The van der Waals surface area contributed by atoms with Gasteiger partial charge in [-0.25, -0.2) is 0 Å². The number of thioether (sulfide) groups is 1. The lowest BCUT2D eigenvalue weighted by molar-refractivity contribution is -0.0249. The quantitative estimate of drug-likeness (QED) is 0.740. The minimum atomic E-state index is -0.503. The molecule has 2 saturated heterocycles. The van der Waals surface area contributed by atoms with Gasteiger partial charge in [0.05, 0.1) is 5.60 Å². The number of hydrogen-bond acceptors (Lipinski definition) is 4. The number of piperidine rings is 2. The average molecular weight is 377 g/mol. The molecule has 0 saturated carbocycles. The van der Waals surface area contributed by atoms with Crippen molar-refractivity contribution in [3.63, 3.8) is 0 Å². The van der Waals surface area contributed by atoms with Crippen LogP contribution in [0.5, 0.6) is 0 Å². The van der Waals surface area contributed by atoms with Crippen molar-refractivity contribution in [1.82, 2.24) is 4.90 Å². The molecule has 2 fully saturated rings. The van der Waals surface area contributed by atoms with Crippen molar-refractivity contribution < 1.29 is 5.11 Å². The van der Waals surface area contributed by atoms with Crippen LogP contribution in [0.2, 0.25) is 0 Å². The zero-order chi connectivity index (χ0) is 18.6. The fraction of sp³-hybridized carbons (Fsp3) is 0.727. The van der Waals surface area contributed by atoms with Gasteiger partial charge in [0.25, 0.3) is 0 Å². The average Bonchev–Trinajstić information content (AvgIpc) is 2.63. The largest absolute Gasteiger partial charge is 0.388 e. The van der Waals surface area contributed by atoms with E-state index in [0.717, 1.165) is 63.2 Å². The molecule has 0 atom stereocenters. The van der Waals surface area contributed by atoms with Gasteiger partial charge in [0.2, 0.25) is 0 Å². The number of anilines is 1. The number of benzene rings is 1. The van der Waals surface area contributed by atoms with Gasteiger partial charge >= 0.3 is 0 Å². The molecule has 0 aliphatic carbocycles. The highest BCUT2D eigenvalue weighted by Gasteiger charge is 2.35. The minimum absolute atomic E-state index is 0.503. The molecule has 0 aromatic heterocycles. The van der Waals surface area contributed by atoms with Crippen LogP contribution in [0.15, 0.2) is 29.2 Å². The maximum absolute atomic E-state index is 11.1. The number of nitrogens with zero attached hydrogens (tertiary/aromatic N) is 2. The van der Waals surface area contributed by atoms with E-state index in [1.807, 2.05) is 11.8 Å². The van der Waals surface area contributed by atoms with Gasteiger partial charge in [0.1, 0.15) is 0 Å². The standard InChI is InChI=1S/C22H36N2OS/c1-4-26-21-7-5-6-20(16-21)24-14-10-22(25,11-15-24)17-23-12-8-19(9-13-23)18(2)3/h5-7,16,18-19,25H,4,8-15,17H2,1-3H3. The number of aliphatic hydroxyl groups is 1. The molecule has 1 N–H and O–H groups in total. The zero-order valence-corrected chi connectivity index (χ0v) is 17.6. The first kappa shape index (κ1) is 20.0. The third kappa shape index (κ3) is 5.17. The van der Waals surface area contributed by atoms with Crippen LogP contribution in [0.25, 0.3) is 0 Å². The van der Waals surface area contributed by atoms with Crippen LogP contribution in [0.3, 0.4) is 0 Å². The number of β-amino-alcohol motifs (C(OH)–C–C–N with tert-alkyl or cyclic N) is 1. The molecule has 1 aromatic rings. The van der Waals surface area contributed by atoms with E-state index in [9.17, 15) is 5.11 Å². The second-order valence-electron chi connectivity index (χ2n) is 8.50. The van der Waals surface area contributed by atoms with Crippen LogP contribution >= 0.6 is 11.8 Å². The van der Waals surface area contributed by atoms with E-state index in [-0.39, 0.29) is 0 Å². The lowest BCUT2D eigenvalue weighted by atomic mass is 9.85. The SMILES string of the molecule is CCSc1cccc(N2CCC(O)(CN3CCC(C(C)C)CC3)CC2)c1. The number of likely N-dealkylation sites (tertiary alicyclic amines) is 1. The van der Waals surface area contributed by atoms with Gasteiger partial charge in [0, 0.05) is 30.2 Å². The first-order valence-corrected chi connectivity index (χ1v) is 11.4. The van der Waals surface area contributed by atoms with Gasteiger partial charge in [-0.05, 0) is 74.6 Å². The molecular weight excluding hydrogens is 340 g/mol. The normalized spacial score (nSPS) is 22.1. The summed E-state index contributed by atoms with van der Waals surface area (Å²) in [6.45, 7) is 12.0. The lowest BCUT2D eigenvalue weighted by Crippen LogP contribution is -2.52. The summed E-state index contributed by atoms with van der Waals surface area (Å²) in [6.07, 6.45) is 4.34. The van der Waals surface area contributed by atoms with E-state index in [1.54, 1.807) is 0 Å². The molecule has 2 aliphatic heterocycles. The molecule has 1 aromatic carbocycles. The zero-order valence-electron chi connectivity index (χ0n) is 16.8. The van der Waals surface area contributed by atoms with Crippen LogP contribution in [0, 0.1) is 11.8 Å². The Hall–Kier alpha value is -0.710. The summed E-state index contributed by atoms with van der Waals surface area (Å²) in [7, 11) is 0. The molecule has 3 nitrogen and oxygen atoms in total. The molecule has 146 valence electrons. The van der Waals surface area contributed by atoms with Gasteiger partial charge < -0.3 is 14.9 Å². The summed E-state index contributed by atoms with van der Waals surface area (Å²) >= 11 is 1.90. The highest BCUT2D eigenvalue weighted by Crippen LogP contribution is 2.31. The number of rotatable bonds is 6. The summed E-state index contributed by atoms with van der Waals surface area (Å²) in [6, 6.07) is 8.86. The summed E-state index contributed by atoms with van der Waals surface area (Å²) in [5, 5.41) is 11.1. The van der Waals surface area contributed by atoms with E-state index in [4.69, 9.17) is 0 Å². The van der Waals surface area contributed by atoms with E-state index in [2.05, 4.69) is 54.8 Å². The van der Waals surface area contributed by atoms with Gasteiger partial charge in [-0.1, -0.05) is 26.8 Å². The predicted octanol–water partition coefficient (Wildman–Crippen LogP) is 4.50. The second-order valence-corrected chi connectivity index (χ2v) is 9.84. The van der Waals surface area contributed by atoms with E-state index in [1.165, 1.54) is 23.4 Å². The molecule has 0 spiro atoms. The molecule has 0 unspecified atom stereocenters. The van der Waals surface area contributed by atoms with Crippen molar-refractivity contribution in [3.8, 4) is 0 Å². The molecule has 2 heterocycles. The third-order valence-corrected chi connectivity index (χ3v) is 7.16. The Bertz CT molecular complexity index is 561. The van der Waals surface area contributed by atoms with Crippen molar-refractivity contribution in [3.05, 3.63) is 24.3 Å². The van der Waals surface area contributed by atoms with E-state index in [0.29, 0.717) is 0 Å². The molecule has 26 heavy (non-hydrogen) atoms. The van der Waals surface area contributed by atoms with Crippen molar-refractivity contribution >= 4 is 17.4 Å². The highest BCUT2D eigenvalue weighted by molar-refractivity contribution is 7.99. The first-order chi connectivity index (χ1) is 12.5. The van der Waals surface area contributed by atoms with Gasteiger partial charge in [-0.2, -0.15) is 0 Å². The van der Waals surface area contributed by atoms with Crippen LogP contribution < -0.4 is 4.90 Å². The first-order valence-electron chi connectivity index (χ1n) is 10.4. The van der Waals surface area contributed by atoms with Gasteiger partial charge in [0.15, 0.2) is 0 Å². The fourth-order valence-corrected chi connectivity index (χ4v) is 5.18. The van der Waals surface area contributed by atoms with Crippen molar-refractivity contribution in [2.24, 2.45) is 11.8 Å². The maximum Gasteiger partial charge on any atom is 0.0807 e. The smallest absolute Gasteiger partial charge is 0.0807 e. The Morgan fingerprint density at radius 3 is 2.46 bits per heavy atom. The Morgan fingerprint density at radius 1 is 1.15 bits per heavy atom. The maximum atomic E-state index is 11.1. The van der Waals surface area contributed by atoms with Crippen LogP contribution in [-0.2, 0) is 0 Å². The summed E-state index contributed by atoms with van der Waals surface area (Å²) in [4.78, 5) is 6.30. The molecule has 2 aliphatic rings. The molecular formula is C22H36N2OS. The van der Waals surface area contributed by atoms with Crippen molar-refractivity contribution in [1.29, 1.82) is 0 Å². The van der Waals surface area contributed by atoms with E-state index < -0.39 is 5.60 Å². The Labute approximate surface area is 164 Å². The summed E-state index contributed by atoms with van der Waals surface area (Å²) < 4.78 is 0. The van der Waals surface area contributed by atoms with Gasteiger partial charge in [-0.3, -0.25) is 0 Å². The van der Waals surface area contributed by atoms with Crippen LogP contribution in [0.4, 0.5) is 5.69 Å². The van der Waals surface area contributed by atoms with Crippen molar-refractivity contribution in [2.45, 2.75) is 57.0 Å². The van der Waals surface area contributed by atoms with Crippen LogP contribution in [-0.4, -0.2) is 54.1 Å². The van der Waals surface area contributed by atoms with Crippen LogP contribution in [0.1, 0.15) is 46.5 Å². The minimum Gasteiger partial charge on any atom is -0.388 e. The number of hydrogen-bond donors (Lipinski definition) is 1. The fourth-order valence-electron chi connectivity index (χ4n) is 4.47. The summed E-state index contributed by atoms with van der Waals surface area (Å²) in [5.41, 5.74) is 0.806. The third-order valence-electron chi connectivity index (χ3n) is 6.28. The highest BCUT2D eigenvalue weighted by atomic mass is 32.2. The second kappa shape index (κ2) is 8.99. The monoisotopic (exact) mass is 376 g/mol. The topological polar surface area (TPSA) is 26.7 Å².